The van der Waals surface area contributed by atoms with Crippen molar-refractivity contribution >= 4 is 23.5 Å². The van der Waals surface area contributed by atoms with Crippen LogP contribution in [0, 0.1) is 6.92 Å². The summed E-state index contributed by atoms with van der Waals surface area (Å²) in [6.45, 7) is 1.77. The zero-order valence-corrected chi connectivity index (χ0v) is 11.2. The lowest BCUT2D eigenvalue weighted by Crippen LogP contribution is -2.14. The summed E-state index contributed by atoms with van der Waals surface area (Å²) in [6.07, 6.45) is 0. The van der Waals surface area contributed by atoms with E-state index >= 15 is 0 Å². The summed E-state index contributed by atoms with van der Waals surface area (Å²) < 4.78 is 5.06. The van der Waals surface area contributed by atoms with Gasteiger partial charge in [-0.2, -0.15) is 0 Å². The second-order valence-corrected chi connectivity index (χ2v) is 4.23. The maximum atomic E-state index is 12.0. The number of rotatable bonds is 3. The summed E-state index contributed by atoms with van der Waals surface area (Å²) in [6, 6.07) is 8.42. The standard InChI is InChI=1S/C13H12ClN3O2/c1-8-6-11(14)16-13(15-8)17-12(18)9-4-3-5-10(7-9)19-2/h3-7H,1-2H3,(H,15,16,17,18). The zero-order valence-electron chi connectivity index (χ0n) is 10.5. The molecule has 0 saturated heterocycles. The molecule has 98 valence electrons. The van der Waals surface area contributed by atoms with Crippen LogP contribution in [0.3, 0.4) is 0 Å². The number of carbonyl (C=O) groups is 1. The first-order valence-corrected chi connectivity index (χ1v) is 5.93. The number of amides is 1. The van der Waals surface area contributed by atoms with Crippen molar-refractivity contribution < 1.29 is 9.53 Å². The second kappa shape index (κ2) is 5.67. The number of anilines is 1. The van der Waals surface area contributed by atoms with Gasteiger partial charge in [0, 0.05) is 11.3 Å². The molecule has 2 rings (SSSR count). The van der Waals surface area contributed by atoms with Gasteiger partial charge in [0.25, 0.3) is 5.91 Å². The van der Waals surface area contributed by atoms with Crippen LogP contribution >= 0.6 is 11.6 Å². The Balaban J connectivity index is 2.20. The van der Waals surface area contributed by atoms with Crippen molar-refractivity contribution in [3.63, 3.8) is 0 Å². The number of hydrogen-bond donors (Lipinski definition) is 1. The Morgan fingerprint density at radius 2 is 2.11 bits per heavy atom. The summed E-state index contributed by atoms with van der Waals surface area (Å²) in [5.41, 5.74) is 1.14. The van der Waals surface area contributed by atoms with Crippen LogP contribution in [0.5, 0.6) is 5.75 Å². The van der Waals surface area contributed by atoms with Crippen LogP contribution in [0.2, 0.25) is 5.15 Å². The third kappa shape index (κ3) is 3.42. The fourth-order valence-electron chi connectivity index (χ4n) is 1.52. The molecule has 1 amide bonds. The van der Waals surface area contributed by atoms with Crippen molar-refractivity contribution in [3.8, 4) is 5.75 Å². The topological polar surface area (TPSA) is 64.1 Å². The van der Waals surface area contributed by atoms with Gasteiger partial charge in [-0.15, -0.1) is 0 Å². The Hall–Kier alpha value is -2.14. The van der Waals surface area contributed by atoms with Gasteiger partial charge in [-0.3, -0.25) is 10.1 Å². The van der Waals surface area contributed by atoms with Gasteiger partial charge in [-0.1, -0.05) is 17.7 Å². The molecule has 1 N–H and O–H groups in total. The molecule has 0 atom stereocenters. The number of halogens is 1. The van der Waals surface area contributed by atoms with E-state index < -0.39 is 0 Å². The van der Waals surface area contributed by atoms with E-state index in [0.29, 0.717) is 17.0 Å². The molecule has 1 heterocycles. The van der Waals surface area contributed by atoms with E-state index in [2.05, 4.69) is 15.3 Å². The Bertz CT molecular complexity index is 596. The molecular formula is C13H12ClN3O2. The van der Waals surface area contributed by atoms with E-state index in [-0.39, 0.29) is 17.0 Å². The molecule has 0 fully saturated rings. The third-order valence-corrected chi connectivity index (χ3v) is 2.57. The van der Waals surface area contributed by atoms with Gasteiger partial charge < -0.3 is 4.74 Å². The highest BCUT2D eigenvalue weighted by atomic mass is 35.5. The molecule has 0 aliphatic heterocycles. The number of nitrogens with one attached hydrogen (secondary N) is 1. The minimum atomic E-state index is -0.319. The number of ether oxygens (including phenoxy) is 1. The highest BCUT2D eigenvalue weighted by molar-refractivity contribution is 6.29. The molecule has 19 heavy (non-hydrogen) atoms. The van der Waals surface area contributed by atoms with E-state index in [1.807, 2.05) is 0 Å². The van der Waals surface area contributed by atoms with Crippen molar-refractivity contribution in [2.24, 2.45) is 0 Å². The van der Waals surface area contributed by atoms with E-state index in [4.69, 9.17) is 16.3 Å². The Morgan fingerprint density at radius 3 is 2.79 bits per heavy atom. The van der Waals surface area contributed by atoms with E-state index in [9.17, 15) is 4.79 Å². The molecule has 0 saturated carbocycles. The van der Waals surface area contributed by atoms with Crippen molar-refractivity contribution in [1.29, 1.82) is 0 Å². The summed E-state index contributed by atoms with van der Waals surface area (Å²) in [4.78, 5) is 20.0. The molecule has 0 radical (unpaired) electrons. The fourth-order valence-corrected chi connectivity index (χ4v) is 1.76. The lowest BCUT2D eigenvalue weighted by molar-refractivity contribution is 0.102. The molecule has 5 nitrogen and oxygen atoms in total. The second-order valence-electron chi connectivity index (χ2n) is 3.84. The Morgan fingerprint density at radius 1 is 1.32 bits per heavy atom. The molecule has 0 aliphatic rings. The van der Waals surface area contributed by atoms with Crippen molar-refractivity contribution in [2.75, 3.05) is 12.4 Å². The maximum absolute atomic E-state index is 12.0. The number of carbonyl (C=O) groups excluding carboxylic acids is 1. The van der Waals surface area contributed by atoms with Gasteiger partial charge >= 0.3 is 0 Å². The molecular weight excluding hydrogens is 266 g/mol. The van der Waals surface area contributed by atoms with Gasteiger partial charge in [-0.05, 0) is 31.2 Å². The fraction of sp³-hybridized carbons (Fsp3) is 0.154. The molecule has 1 aromatic carbocycles. The normalized spacial score (nSPS) is 10.1. The largest absolute Gasteiger partial charge is 0.497 e. The number of hydrogen-bond acceptors (Lipinski definition) is 4. The zero-order chi connectivity index (χ0) is 13.8. The summed E-state index contributed by atoms with van der Waals surface area (Å²) in [7, 11) is 1.54. The van der Waals surface area contributed by atoms with Gasteiger partial charge in [0.15, 0.2) is 0 Å². The summed E-state index contributed by atoms with van der Waals surface area (Å²) in [5.74, 6) is 0.467. The predicted molar refractivity (Wildman–Crippen MR) is 72.7 cm³/mol. The van der Waals surface area contributed by atoms with Crippen molar-refractivity contribution in [1.82, 2.24) is 9.97 Å². The number of aryl methyl sites for hydroxylation is 1. The molecule has 1 aromatic heterocycles. The lowest BCUT2D eigenvalue weighted by Gasteiger charge is -2.06. The molecule has 0 aliphatic carbocycles. The van der Waals surface area contributed by atoms with E-state index in [0.717, 1.165) is 0 Å². The average molecular weight is 278 g/mol. The van der Waals surface area contributed by atoms with Crippen molar-refractivity contribution in [3.05, 3.63) is 46.7 Å². The number of benzene rings is 1. The maximum Gasteiger partial charge on any atom is 0.258 e. The SMILES string of the molecule is COc1cccc(C(=O)Nc2nc(C)cc(Cl)n2)c1. The van der Waals surface area contributed by atoms with Gasteiger partial charge in [0.05, 0.1) is 7.11 Å². The van der Waals surface area contributed by atoms with Crippen LogP contribution < -0.4 is 10.1 Å². The minimum Gasteiger partial charge on any atom is -0.497 e. The first-order chi connectivity index (χ1) is 9.08. The lowest BCUT2D eigenvalue weighted by atomic mass is 10.2. The van der Waals surface area contributed by atoms with Crippen LogP contribution in [0.25, 0.3) is 0 Å². The minimum absolute atomic E-state index is 0.179. The van der Waals surface area contributed by atoms with Crippen molar-refractivity contribution in [2.45, 2.75) is 6.92 Å². The van der Waals surface area contributed by atoms with Crippen LogP contribution in [-0.4, -0.2) is 23.0 Å². The summed E-state index contributed by atoms with van der Waals surface area (Å²) >= 11 is 5.80. The first kappa shape index (κ1) is 13.3. The first-order valence-electron chi connectivity index (χ1n) is 5.55. The van der Waals surface area contributed by atoms with E-state index in [1.165, 1.54) is 0 Å². The van der Waals surface area contributed by atoms with Crippen LogP contribution in [0.1, 0.15) is 16.1 Å². The average Bonchev–Trinajstić information content (AvgIpc) is 2.37. The Labute approximate surface area is 115 Å². The highest BCUT2D eigenvalue weighted by Gasteiger charge is 2.09. The van der Waals surface area contributed by atoms with Crippen LogP contribution in [0.15, 0.2) is 30.3 Å². The third-order valence-electron chi connectivity index (χ3n) is 2.38. The molecule has 0 spiro atoms. The smallest absolute Gasteiger partial charge is 0.258 e. The van der Waals surface area contributed by atoms with Crippen LogP contribution in [-0.2, 0) is 0 Å². The number of aromatic nitrogens is 2. The van der Waals surface area contributed by atoms with Crippen LogP contribution in [0.4, 0.5) is 5.95 Å². The number of nitrogens with zero attached hydrogens (tertiary/aromatic N) is 2. The predicted octanol–water partition coefficient (Wildman–Crippen LogP) is 2.70. The quantitative estimate of drug-likeness (QED) is 0.876. The number of methoxy groups -OCH3 is 1. The monoisotopic (exact) mass is 277 g/mol. The van der Waals surface area contributed by atoms with E-state index in [1.54, 1.807) is 44.4 Å². The van der Waals surface area contributed by atoms with Gasteiger partial charge in [-0.25, -0.2) is 9.97 Å². The van der Waals surface area contributed by atoms with Gasteiger partial charge in [0.1, 0.15) is 10.9 Å². The molecule has 2 aromatic rings. The molecule has 0 unspecified atom stereocenters. The molecule has 6 heteroatoms. The van der Waals surface area contributed by atoms with Gasteiger partial charge in [0.2, 0.25) is 5.95 Å². The molecule has 0 bridgehead atoms. The Kier molecular flexibility index (Phi) is 3.97. The summed E-state index contributed by atoms with van der Waals surface area (Å²) in [5, 5.41) is 2.88. The highest BCUT2D eigenvalue weighted by Crippen LogP contribution is 2.14.